The summed E-state index contributed by atoms with van der Waals surface area (Å²) in [6, 6.07) is 17.9. The number of nitrogens with zero attached hydrogens (tertiary/aromatic N) is 3. The van der Waals surface area contributed by atoms with Crippen molar-refractivity contribution in [2.75, 3.05) is 23.8 Å². The smallest absolute Gasteiger partial charge is 0.303 e. The lowest BCUT2D eigenvalue weighted by Crippen LogP contribution is -2.32. The third-order valence-electron chi connectivity index (χ3n) is 7.15. The molecule has 0 bridgehead atoms. The number of nitrogen functional groups attached to an aromatic ring is 1. The highest BCUT2D eigenvalue weighted by atomic mass is 16.5. The number of carbonyl (C=O) groups excluding carboxylic acids is 1. The highest BCUT2D eigenvalue weighted by Crippen LogP contribution is 2.38. The summed E-state index contributed by atoms with van der Waals surface area (Å²) in [5, 5.41) is 9.04. The summed E-state index contributed by atoms with van der Waals surface area (Å²) < 4.78 is 5.85. The normalized spacial score (nSPS) is 19.8. The molecule has 1 aliphatic carbocycles. The van der Waals surface area contributed by atoms with Crippen LogP contribution in [0.2, 0.25) is 0 Å². The van der Waals surface area contributed by atoms with Crippen molar-refractivity contribution in [3.63, 3.8) is 0 Å². The standard InChI is InChI=1S/C28H30N4O4/c29-26-25-27(31-23(30-26)16-18-4-2-1-3-5-18)36-15-14-32(28(25)35)22-12-10-21(11-13-22)20-8-6-19(7-9-20)17-24(33)34/h1-5,10-13,19-20H,6-9,14-17H2,(H,33,34)(H2,29,30,31)/t19-,20-. The van der Waals surface area contributed by atoms with Gasteiger partial charge in [-0.15, -0.1) is 0 Å². The van der Waals surface area contributed by atoms with Gasteiger partial charge in [-0.2, -0.15) is 4.98 Å². The number of carbonyl (C=O) groups is 2. The molecule has 0 saturated heterocycles. The third-order valence-corrected chi connectivity index (χ3v) is 7.15. The first-order valence-electron chi connectivity index (χ1n) is 12.4. The van der Waals surface area contributed by atoms with Gasteiger partial charge in [0.05, 0.1) is 6.54 Å². The zero-order valence-corrected chi connectivity index (χ0v) is 20.1. The van der Waals surface area contributed by atoms with Gasteiger partial charge in [-0.1, -0.05) is 42.5 Å². The molecule has 0 spiro atoms. The second kappa shape index (κ2) is 10.4. The number of aromatic nitrogens is 2. The average molecular weight is 487 g/mol. The number of rotatable bonds is 6. The molecule has 186 valence electrons. The largest absolute Gasteiger partial charge is 0.481 e. The molecule has 1 aliphatic heterocycles. The quantitative estimate of drug-likeness (QED) is 0.529. The van der Waals surface area contributed by atoms with Gasteiger partial charge in [0.2, 0.25) is 5.88 Å². The molecule has 5 rings (SSSR count). The van der Waals surface area contributed by atoms with Crippen molar-refractivity contribution >= 4 is 23.4 Å². The van der Waals surface area contributed by atoms with Gasteiger partial charge in [0, 0.05) is 18.5 Å². The first-order chi connectivity index (χ1) is 17.5. The van der Waals surface area contributed by atoms with Crippen molar-refractivity contribution < 1.29 is 19.4 Å². The fraction of sp³-hybridized carbons (Fsp3) is 0.357. The van der Waals surface area contributed by atoms with Gasteiger partial charge in [-0.25, -0.2) is 4.98 Å². The Morgan fingerprint density at radius 3 is 2.44 bits per heavy atom. The molecule has 3 N–H and O–H groups in total. The summed E-state index contributed by atoms with van der Waals surface area (Å²) in [6.07, 6.45) is 4.60. The van der Waals surface area contributed by atoms with Crippen molar-refractivity contribution in [3.05, 3.63) is 77.1 Å². The van der Waals surface area contributed by atoms with E-state index in [0.29, 0.717) is 31.3 Å². The lowest BCUT2D eigenvalue weighted by Gasteiger charge is -2.28. The van der Waals surface area contributed by atoms with E-state index in [1.165, 1.54) is 5.56 Å². The fourth-order valence-corrected chi connectivity index (χ4v) is 5.26. The molecule has 1 aromatic heterocycles. The van der Waals surface area contributed by atoms with Crippen LogP contribution in [-0.2, 0) is 11.2 Å². The fourth-order valence-electron chi connectivity index (χ4n) is 5.26. The van der Waals surface area contributed by atoms with E-state index in [1.54, 1.807) is 4.90 Å². The molecule has 3 aromatic rings. The van der Waals surface area contributed by atoms with E-state index >= 15 is 0 Å². The van der Waals surface area contributed by atoms with E-state index < -0.39 is 5.97 Å². The number of carboxylic acids is 1. The van der Waals surface area contributed by atoms with Crippen LogP contribution in [0, 0.1) is 5.92 Å². The Hall–Kier alpha value is -3.94. The minimum atomic E-state index is -0.714. The van der Waals surface area contributed by atoms with Crippen molar-refractivity contribution in [2.24, 2.45) is 5.92 Å². The molecule has 1 saturated carbocycles. The molecule has 0 atom stereocenters. The highest BCUT2D eigenvalue weighted by Gasteiger charge is 2.30. The number of nitrogens with two attached hydrogens (primary N) is 1. The zero-order chi connectivity index (χ0) is 25.1. The molecule has 2 aliphatic rings. The Balaban J connectivity index is 1.31. The van der Waals surface area contributed by atoms with E-state index in [4.69, 9.17) is 15.6 Å². The summed E-state index contributed by atoms with van der Waals surface area (Å²) in [5.41, 5.74) is 9.49. The Kier molecular flexibility index (Phi) is 6.84. The SMILES string of the molecule is Nc1nc(Cc2ccccc2)nc2c1C(=O)N(c1ccc([C@H]3CC[C@H](CC(=O)O)CC3)cc1)CCO2. The van der Waals surface area contributed by atoms with E-state index in [1.807, 2.05) is 42.5 Å². The first-order valence-corrected chi connectivity index (χ1v) is 12.4. The second-order valence-electron chi connectivity index (χ2n) is 9.58. The summed E-state index contributed by atoms with van der Waals surface area (Å²) >= 11 is 0. The Labute approximate surface area is 210 Å². The van der Waals surface area contributed by atoms with Crippen LogP contribution < -0.4 is 15.4 Å². The molecule has 1 amide bonds. The summed E-state index contributed by atoms with van der Waals surface area (Å²) in [7, 11) is 0. The second-order valence-corrected chi connectivity index (χ2v) is 9.58. The van der Waals surface area contributed by atoms with Crippen LogP contribution in [0.25, 0.3) is 0 Å². The lowest BCUT2D eigenvalue weighted by atomic mass is 9.77. The van der Waals surface area contributed by atoms with Crippen molar-refractivity contribution in [2.45, 2.75) is 44.4 Å². The molecule has 2 heterocycles. The number of benzene rings is 2. The number of aliphatic carboxylic acids is 1. The zero-order valence-electron chi connectivity index (χ0n) is 20.1. The molecule has 0 radical (unpaired) electrons. The van der Waals surface area contributed by atoms with Gasteiger partial charge >= 0.3 is 5.97 Å². The number of hydrogen-bond acceptors (Lipinski definition) is 6. The number of amides is 1. The number of fused-ring (bicyclic) bond motifs is 1. The maximum atomic E-state index is 13.5. The Morgan fingerprint density at radius 2 is 1.75 bits per heavy atom. The van der Waals surface area contributed by atoms with Crippen LogP contribution in [-0.4, -0.2) is 40.1 Å². The van der Waals surface area contributed by atoms with Crippen LogP contribution >= 0.6 is 0 Å². The predicted octanol–water partition coefficient (Wildman–Crippen LogP) is 4.44. The van der Waals surface area contributed by atoms with Gasteiger partial charge in [0.1, 0.15) is 23.8 Å². The number of anilines is 2. The number of ether oxygens (including phenoxy) is 1. The van der Waals surface area contributed by atoms with Crippen LogP contribution in [0.5, 0.6) is 5.88 Å². The van der Waals surface area contributed by atoms with Crippen molar-refractivity contribution in [1.29, 1.82) is 0 Å². The van der Waals surface area contributed by atoms with Gasteiger partial charge in [0.25, 0.3) is 5.91 Å². The maximum absolute atomic E-state index is 13.5. The van der Waals surface area contributed by atoms with Gasteiger partial charge in [-0.05, 0) is 60.8 Å². The van der Waals surface area contributed by atoms with Crippen LogP contribution in [0.4, 0.5) is 11.5 Å². The number of hydrogen-bond donors (Lipinski definition) is 2. The minimum Gasteiger partial charge on any atom is -0.481 e. The highest BCUT2D eigenvalue weighted by molar-refractivity contribution is 6.10. The summed E-state index contributed by atoms with van der Waals surface area (Å²) in [4.78, 5) is 35.0. The van der Waals surface area contributed by atoms with Crippen molar-refractivity contribution in [1.82, 2.24) is 9.97 Å². The Morgan fingerprint density at radius 1 is 1.03 bits per heavy atom. The Bertz CT molecular complexity index is 1240. The van der Waals surface area contributed by atoms with E-state index in [2.05, 4.69) is 22.1 Å². The molecule has 2 aromatic carbocycles. The third kappa shape index (κ3) is 5.17. The van der Waals surface area contributed by atoms with Gasteiger partial charge in [0.15, 0.2) is 0 Å². The van der Waals surface area contributed by atoms with Gasteiger partial charge in [-0.3, -0.25) is 9.59 Å². The van der Waals surface area contributed by atoms with Gasteiger partial charge < -0.3 is 20.5 Å². The van der Waals surface area contributed by atoms with Crippen LogP contribution in [0.1, 0.15) is 65.3 Å². The van der Waals surface area contributed by atoms with Crippen molar-refractivity contribution in [3.8, 4) is 5.88 Å². The summed E-state index contributed by atoms with van der Waals surface area (Å²) in [6.45, 7) is 0.678. The average Bonchev–Trinajstić information content (AvgIpc) is 3.04. The van der Waals surface area contributed by atoms with E-state index in [9.17, 15) is 9.59 Å². The maximum Gasteiger partial charge on any atom is 0.303 e. The molecule has 0 unspecified atom stereocenters. The van der Waals surface area contributed by atoms with E-state index in [-0.39, 0.29) is 35.5 Å². The molecular weight excluding hydrogens is 456 g/mol. The van der Waals surface area contributed by atoms with E-state index in [0.717, 1.165) is 36.9 Å². The molecule has 8 heteroatoms. The summed E-state index contributed by atoms with van der Waals surface area (Å²) in [5.74, 6) is 0.574. The monoisotopic (exact) mass is 486 g/mol. The lowest BCUT2D eigenvalue weighted by molar-refractivity contribution is -0.138. The number of carboxylic acid groups (broad SMARTS) is 1. The molecule has 1 fully saturated rings. The van der Waals surface area contributed by atoms with Crippen LogP contribution in [0.3, 0.4) is 0 Å². The predicted molar refractivity (Wildman–Crippen MR) is 136 cm³/mol. The molecule has 8 nitrogen and oxygen atoms in total. The first kappa shape index (κ1) is 23.8. The topological polar surface area (TPSA) is 119 Å². The minimum absolute atomic E-state index is 0.123. The van der Waals surface area contributed by atoms with Crippen LogP contribution in [0.15, 0.2) is 54.6 Å². The molecule has 36 heavy (non-hydrogen) atoms. The molecular formula is C28H30N4O4.